The number of amidine groups is 1. The largest absolute Gasteiger partial charge is 0.368 e. The molecule has 0 amide bonds. The average molecular weight is 569 g/mol. The molecule has 4 nitrogen and oxygen atoms in total. The first-order valence-corrected chi connectivity index (χ1v) is 15.0. The van der Waals surface area contributed by atoms with Gasteiger partial charge < -0.3 is 9.80 Å². The molecule has 0 bridgehead atoms. The van der Waals surface area contributed by atoms with Gasteiger partial charge >= 0.3 is 0 Å². The number of hydrogen-bond donors (Lipinski definition) is 0. The average Bonchev–Trinajstić information content (AvgIpc) is 3.48. The summed E-state index contributed by atoms with van der Waals surface area (Å²) in [5.41, 5.74) is 5.08. The maximum Gasteiger partial charge on any atom is 0.146 e. The van der Waals surface area contributed by atoms with Crippen molar-refractivity contribution in [3.63, 3.8) is 0 Å². The third-order valence-corrected chi connectivity index (χ3v) is 8.68. The number of rotatable bonds is 5. The molecule has 1 fully saturated rings. The van der Waals surface area contributed by atoms with Crippen molar-refractivity contribution in [3.8, 4) is 21.8 Å². The van der Waals surface area contributed by atoms with Gasteiger partial charge in [0.25, 0.3) is 0 Å². The van der Waals surface area contributed by atoms with Crippen LogP contribution in [-0.4, -0.2) is 41.9 Å². The minimum Gasteiger partial charge on any atom is -0.368 e. The molecule has 5 aromatic carbocycles. The van der Waals surface area contributed by atoms with E-state index < -0.39 is 0 Å². The lowest BCUT2D eigenvalue weighted by Crippen LogP contribution is -2.49. The third kappa shape index (κ3) is 5.29. The fraction of sp³-hybridized carbons (Fsp3) is 0.111. The second-order valence-corrected chi connectivity index (χ2v) is 11.3. The normalized spacial score (nSPS) is 14.0. The van der Waals surface area contributed by atoms with E-state index in [-0.39, 0.29) is 5.82 Å². The van der Waals surface area contributed by atoms with Gasteiger partial charge in [0.2, 0.25) is 0 Å². The lowest BCUT2D eigenvalue weighted by atomic mass is 10.0. The zero-order valence-electron chi connectivity index (χ0n) is 23.0. The Morgan fingerprint density at radius 2 is 1.33 bits per heavy atom. The summed E-state index contributed by atoms with van der Waals surface area (Å²) in [6.07, 6.45) is 0. The van der Waals surface area contributed by atoms with Gasteiger partial charge in [0.1, 0.15) is 27.4 Å². The predicted octanol–water partition coefficient (Wildman–Crippen LogP) is 8.67. The van der Waals surface area contributed by atoms with Crippen LogP contribution in [0.2, 0.25) is 0 Å². The summed E-state index contributed by atoms with van der Waals surface area (Å²) in [4.78, 5) is 15.3. The molecule has 7 rings (SSSR count). The number of halogens is 1. The van der Waals surface area contributed by atoms with Crippen LogP contribution in [0.15, 0.2) is 132 Å². The smallest absolute Gasteiger partial charge is 0.146 e. The highest BCUT2D eigenvalue weighted by Gasteiger charge is 2.24. The van der Waals surface area contributed by atoms with Crippen molar-refractivity contribution in [3.05, 3.63) is 139 Å². The van der Waals surface area contributed by atoms with Crippen molar-refractivity contribution < 1.29 is 4.39 Å². The Kier molecular flexibility index (Phi) is 7.20. The number of fused-ring (bicyclic) bond motifs is 1. The summed E-state index contributed by atoms with van der Waals surface area (Å²) < 4.78 is 13.7. The summed E-state index contributed by atoms with van der Waals surface area (Å²) in [7, 11) is 0. The number of thiazole rings is 1. The standard InChI is InChI=1S/C36H29FN4S/c37-29-20-18-28(19-21-29)35-38-33(27-11-3-1-4-12-27)36(42-35)39-34(32-17-9-13-26-10-7-8-16-31(26)32)41-24-22-40(23-25-41)30-14-5-2-6-15-30/h1-21H,22-25H2/b39-34-. The number of para-hydroxylation sites is 1. The Labute approximate surface area is 249 Å². The van der Waals surface area contributed by atoms with Crippen molar-refractivity contribution >= 4 is 38.6 Å². The Bertz CT molecular complexity index is 1840. The molecular formula is C36H29FN4S. The van der Waals surface area contributed by atoms with E-state index in [0.29, 0.717) is 0 Å². The lowest BCUT2D eigenvalue weighted by molar-refractivity contribution is 0.387. The van der Waals surface area contributed by atoms with E-state index in [2.05, 4.69) is 94.7 Å². The summed E-state index contributed by atoms with van der Waals surface area (Å²) in [6.45, 7) is 3.51. The van der Waals surface area contributed by atoms with Crippen LogP contribution in [0.3, 0.4) is 0 Å². The van der Waals surface area contributed by atoms with E-state index in [9.17, 15) is 4.39 Å². The zero-order valence-corrected chi connectivity index (χ0v) is 23.8. The van der Waals surface area contributed by atoms with Gasteiger partial charge in [0.05, 0.1) is 0 Å². The van der Waals surface area contributed by atoms with Crippen LogP contribution in [0.1, 0.15) is 5.56 Å². The van der Waals surface area contributed by atoms with Crippen molar-refractivity contribution in [2.24, 2.45) is 4.99 Å². The van der Waals surface area contributed by atoms with Crippen LogP contribution in [0.25, 0.3) is 32.6 Å². The number of hydrogen-bond acceptors (Lipinski definition) is 4. The molecule has 0 N–H and O–H groups in total. The molecule has 6 aromatic rings. The van der Waals surface area contributed by atoms with Crippen LogP contribution in [0.4, 0.5) is 15.1 Å². The van der Waals surface area contributed by atoms with E-state index >= 15 is 0 Å². The van der Waals surface area contributed by atoms with E-state index in [1.54, 1.807) is 23.5 Å². The third-order valence-electron chi connectivity index (χ3n) is 7.69. The molecule has 0 radical (unpaired) electrons. The molecule has 2 heterocycles. The topological polar surface area (TPSA) is 31.7 Å². The lowest BCUT2D eigenvalue weighted by Gasteiger charge is -2.38. The van der Waals surface area contributed by atoms with Gasteiger partial charge in [-0.15, -0.1) is 0 Å². The first kappa shape index (κ1) is 26.1. The predicted molar refractivity (Wildman–Crippen MR) is 173 cm³/mol. The Balaban J connectivity index is 1.35. The molecule has 0 unspecified atom stereocenters. The maximum absolute atomic E-state index is 13.7. The monoisotopic (exact) mass is 568 g/mol. The molecule has 1 aliphatic heterocycles. The van der Waals surface area contributed by atoms with Gasteiger partial charge in [0, 0.05) is 48.6 Å². The van der Waals surface area contributed by atoms with E-state index in [1.807, 2.05) is 18.2 Å². The number of piperazine rings is 1. The Hall–Kier alpha value is -4.81. The molecule has 0 atom stereocenters. The minimum absolute atomic E-state index is 0.260. The van der Waals surface area contributed by atoms with Gasteiger partial charge in [-0.2, -0.15) is 0 Å². The van der Waals surface area contributed by atoms with E-state index in [4.69, 9.17) is 9.98 Å². The van der Waals surface area contributed by atoms with Crippen LogP contribution in [0, 0.1) is 5.82 Å². The SMILES string of the molecule is Fc1ccc(-c2nc(-c3ccccc3)c(/N=C(/c3cccc4ccccc34)N3CCN(c4ccccc4)CC3)s2)cc1. The van der Waals surface area contributed by atoms with Crippen molar-refractivity contribution in [2.45, 2.75) is 0 Å². The van der Waals surface area contributed by atoms with Gasteiger partial charge in [-0.05, 0) is 47.2 Å². The molecule has 206 valence electrons. The molecule has 0 saturated carbocycles. The molecule has 42 heavy (non-hydrogen) atoms. The fourth-order valence-corrected chi connectivity index (χ4v) is 6.49. The summed E-state index contributed by atoms with van der Waals surface area (Å²) in [6, 6.07) is 42.3. The van der Waals surface area contributed by atoms with E-state index in [0.717, 1.165) is 64.4 Å². The summed E-state index contributed by atoms with van der Waals surface area (Å²) >= 11 is 1.54. The van der Waals surface area contributed by atoms with Gasteiger partial charge in [0.15, 0.2) is 0 Å². The van der Waals surface area contributed by atoms with Crippen LogP contribution >= 0.6 is 11.3 Å². The van der Waals surface area contributed by atoms with Crippen molar-refractivity contribution in [1.29, 1.82) is 0 Å². The first-order valence-electron chi connectivity index (χ1n) is 14.2. The molecule has 1 saturated heterocycles. The molecular weight excluding hydrogens is 539 g/mol. The quantitative estimate of drug-likeness (QED) is 0.154. The van der Waals surface area contributed by atoms with Crippen LogP contribution < -0.4 is 4.90 Å². The van der Waals surface area contributed by atoms with E-state index in [1.165, 1.54) is 28.6 Å². The number of benzene rings is 5. The summed E-state index contributed by atoms with van der Waals surface area (Å²) in [5.74, 6) is 0.690. The summed E-state index contributed by atoms with van der Waals surface area (Å²) in [5, 5.41) is 4.02. The van der Waals surface area contributed by atoms with Gasteiger partial charge in [-0.1, -0.05) is 102 Å². The van der Waals surface area contributed by atoms with Gasteiger partial charge in [-0.3, -0.25) is 0 Å². The highest BCUT2D eigenvalue weighted by atomic mass is 32.1. The van der Waals surface area contributed by atoms with Crippen molar-refractivity contribution in [2.75, 3.05) is 31.1 Å². The minimum atomic E-state index is -0.260. The number of nitrogens with zero attached hydrogens (tertiary/aromatic N) is 4. The fourth-order valence-electron chi connectivity index (χ4n) is 5.52. The van der Waals surface area contributed by atoms with Gasteiger partial charge in [-0.25, -0.2) is 14.4 Å². The molecule has 1 aromatic heterocycles. The van der Waals surface area contributed by atoms with Crippen LogP contribution in [-0.2, 0) is 0 Å². The number of anilines is 1. The molecule has 6 heteroatoms. The Morgan fingerprint density at radius 1 is 0.667 bits per heavy atom. The maximum atomic E-state index is 13.7. The molecule has 0 aliphatic carbocycles. The Morgan fingerprint density at radius 3 is 2.10 bits per heavy atom. The second-order valence-electron chi connectivity index (χ2n) is 10.3. The zero-order chi connectivity index (χ0) is 28.3. The number of aromatic nitrogens is 1. The number of aliphatic imine (C=N–C) groups is 1. The molecule has 1 aliphatic rings. The second kappa shape index (κ2) is 11.6. The highest BCUT2D eigenvalue weighted by molar-refractivity contribution is 7.19. The highest BCUT2D eigenvalue weighted by Crippen LogP contribution is 2.41. The molecule has 0 spiro atoms. The van der Waals surface area contributed by atoms with Crippen molar-refractivity contribution in [1.82, 2.24) is 9.88 Å². The van der Waals surface area contributed by atoms with Crippen LogP contribution in [0.5, 0.6) is 0 Å². The first-order chi connectivity index (χ1) is 20.7.